The van der Waals surface area contributed by atoms with E-state index in [0.717, 1.165) is 24.8 Å². The van der Waals surface area contributed by atoms with E-state index in [-0.39, 0.29) is 0 Å². The van der Waals surface area contributed by atoms with Gasteiger partial charge in [0.15, 0.2) is 0 Å². The number of anilines is 2. The van der Waals surface area contributed by atoms with Gasteiger partial charge in [0.2, 0.25) is 0 Å². The van der Waals surface area contributed by atoms with Crippen LogP contribution in [0.5, 0.6) is 0 Å². The minimum atomic E-state index is 0.516. The second-order valence-corrected chi connectivity index (χ2v) is 7.49. The maximum Gasteiger partial charge on any atom is 0.0409 e. The number of benzene rings is 1. The van der Waals surface area contributed by atoms with Crippen LogP contribution in [-0.4, -0.2) is 37.6 Å². The molecule has 0 bridgehead atoms. The van der Waals surface area contributed by atoms with Crippen LogP contribution in [0, 0.1) is 0 Å². The monoisotopic (exact) mass is 327 g/mol. The normalized spacial score (nSPS) is 18.5. The Morgan fingerprint density at radius 1 is 1.12 bits per heavy atom. The molecule has 1 fully saturated rings. The molecule has 1 aliphatic heterocycles. The van der Waals surface area contributed by atoms with Crippen molar-refractivity contribution in [2.75, 3.05) is 37.3 Å². The molecule has 0 saturated carbocycles. The van der Waals surface area contributed by atoms with Gasteiger partial charge in [-0.05, 0) is 56.6 Å². The molecule has 0 atom stereocenters. The molecule has 1 aromatic carbocycles. The van der Waals surface area contributed by atoms with Gasteiger partial charge >= 0.3 is 0 Å². The lowest BCUT2D eigenvalue weighted by molar-refractivity contribution is 0.204. The summed E-state index contributed by atoms with van der Waals surface area (Å²) in [6.07, 6.45) is 12.5. The Kier molecular flexibility index (Phi) is 5.83. The molecule has 3 rings (SSSR count). The lowest BCUT2D eigenvalue weighted by Gasteiger charge is -2.38. The summed E-state index contributed by atoms with van der Waals surface area (Å²) in [4.78, 5) is 5.16. The van der Waals surface area contributed by atoms with E-state index in [1.165, 1.54) is 56.3 Å². The van der Waals surface area contributed by atoms with E-state index in [1.54, 1.807) is 0 Å². The summed E-state index contributed by atoms with van der Waals surface area (Å²) in [6.45, 7) is 5.85. The van der Waals surface area contributed by atoms with Gasteiger partial charge in [0.25, 0.3) is 0 Å². The Hall–Kier alpha value is -1.48. The summed E-state index contributed by atoms with van der Waals surface area (Å²) in [7, 11) is 2.31. The Balaban J connectivity index is 1.52. The molecular weight excluding hydrogens is 294 g/mol. The largest absolute Gasteiger partial charge is 0.399 e. The van der Waals surface area contributed by atoms with Gasteiger partial charge in [0.05, 0.1) is 0 Å². The van der Waals surface area contributed by atoms with E-state index in [1.807, 2.05) is 6.07 Å². The molecule has 0 unspecified atom stereocenters. The first kappa shape index (κ1) is 17.3. The molecule has 1 saturated heterocycles. The summed E-state index contributed by atoms with van der Waals surface area (Å²) in [5, 5.41) is 0. The second-order valence-electron chi connectivity index (χ2n) is 7.49. The van der Waals surface area contributed by atoms with E-state index in [4.69, 9.17) is 5.73 Å². The van der Waals surface area contributed by atoms with Crippen molar-refractivity contribution in [2.45, 2.75) is 57.4 Å². The molecule has 1 aliphatic carbocycles. The van der Waals surface area contributed by atoms with Gasteiger partial charge in [-0.3, -0.25) is 0 Å². The lowest BCUT2D eigenvalue weighted by atomic mass is 9.99. The van der Waals surface area contributed by atoms with Crippen molar-refractivity contribution in [3.05, 3.63) is 35.9 Å². The zero-order valence-corrected chi connectivity index (χ0v) is 15.4. The van der Waals surface area contributed by atoms with Crippen molar-refractivity contribution in [3.8, 4) is 0 Å². The SMILES string of the molecule is CCCCCCN(C)C1CCN(c2ccc(N)cc2C2C=C2)CC1. The lowest BCUT2D eigenvalue weighted by Crippen LogP contribution is -2.44. The van der Waals surface area contributed by atoms with Gasteiger partial charge in [0.1, 0.15) is 0 Å². The fraction of sp³-hybridized carbons (Fsp3) is 0.619. The van der Waals surface area contributed by atoms with Crippen LogP contribution in [0.1, 0.15) is 56.9 Å². The minimum Gasteiger partial charge on any atom is -0.399 e. The van der Waals surface area contributed by atoms with E-state index in [0.29, 0.717) is 5.92 Å². The fourth-order valence-corrected chi connectivity index (χ4v) is 3.91. The number of allylic oxidation sites excluding steroid dienone is 2. The molecule has 3 heteroatoms. The molecule has 0 radical (unpaired) electrons. The highest BCUT2D eigenvalue weighted by Gasteiger charge is 2.26. The van der Waals surface area contributed by atoms with Gasteiger partial charge in [-0.25, -0.2) is 0 Å². The first-order valence-electron chi connectivity index (χ1n) is 9.72. The molecular formula is C21H33N3. The molecule has 3 nitrogen and oxygen atoms in total. The number of nitrogens with two attached hydrogens (primary N) is 1. The maximum absolute atomic E-state index is 6.00. The van der Waals surface area contributed by atoms with Crippen LogP contribution in [-0.2, 0) is 0 Å². The highest BCUT2D eigenvalue weighted by Crippen LogP contribution is 2.38. The summed E-state index contributed by atoms with van der Waals surface area (Å²) in [5.74, 6) is 0.516. The van der Waals surface area contributed by atoms with E-state index >= 15 is 0 Å². The smallest absolute Gasteiger partial charge is 0.0409 e. The molecule has 2 N–H and O–H groups in total. The van der Waals surface area contributed by atoms with Crippen molar-refractivity contribution in [2.24, 2.45) is 0 Å². The molecule has 2 aliphatic rings. The van der Waals surface area contributed by atoms with Crippen LogP contribution < -0.4 is 10.6 Å². The van der Waals surface area contributed by atoms with Crippen molar-refractivity contribution in [3.63, 3.8) is 0 Å². The Bertz CT molecular complexity index is 552. The van der Waals surface area contributed by atoms with Crippen molar-refractivity contribution >= 4 is 11.4 Å². The van der Waals surface area contributed by atoms with Crippen LogP contribution >= 0.6 is 0 Å². The minimum absolute atomic E-state index is 0.516. The zero-order chi connectivity index (χ0) is 16.9. The zero-order valence-electron chi connectivity index (χ0n) is 15.4. The Labute approximate surface area is 147 Å². The topological polar surface area (TPSA) is 32.5 Å². The molecule has 0 amide bonds. The first-order valence-corrected chi connectivity index (χ1v) is 9.72. The summed E-state index contributed by atoms with van der Waals surface area (Å²) in [5.41, 5.74) is 9.66. The van der Waals surface area contributed by atoms with Crippen LogP contribution in [0.4, 0.5) is 11.4 Å². The summed E-state index contributed by atoms with van der Waals surface area (Å²) in [6, 6.07) is 7.18. The van der Waals surface area contributed by atoms with Gasteiger partial charge in [-0.1, -0.05) is 38.3 Å². The Morgan fingerprint density at radius 2 is 1.88 bits per heavy atom. The number of hydrogen-bond acceptors (Lipinski definition) is 3. The van der Waals surface area contributed by atoms with E-state index in [9.17, 15) is 0 Å². The number of rotatable bonds is 8. The average Bonchev–Trinajstić information content (AvgIpc) is 3.44. The van der Waals surface area contributed by atoms with E-state index < -0.39 is 0 Å². The van der Waals surface area contributed by atoms with Gasteiger partial charge in [0, 0.05) is 36.4 Å². The Morgan fingerprint density at radius 3 is 2.54 bits per heavy atom. The van der Waals surface area contributed by atoms with Gasteiger partial charge < -0.3 is 15.5 Å². The third-order valence-corrected chi connectivity index (χ3v) is 5.59. The molecule has 132 valence electrons. The predicted molar refractivity (Wildman–Crippen MR) is 105 cm³/mol. The highest BCUT2D eigenvalue weighted by atomic mass is 15.2. The number of unbranched alkanes of at least 4 members (excludes halogenated alkanes) is 3. The van der Waals surface area contributed by atoms with Crippen LogP contribution in [0.25, 0.3) is 0 Å². The highest BCUT2D eigenvalue weighted by molar-refractivity contribution is 5.64. The van der Waals surface area contributed by atoms with Crippen LogP contribution in [0.15, 0.2) is 30.4 Å². The quantitative estimate of drug-likeness (QED) is 0.436. The van der Waals surface area contributed by atoms with Gasteiger partial charge in [-0.15, -0.1) is 0 Å². The third-order valence-electron chi connectivity index (χ3n) is 5.59. The molecule has 0 spiro atoms. The molecule has 1 aromatic rings. The second kappa shape index (κ2) is 8.06. The predicted octanol–water partition coefficient (Wildman–Crippen LogP) is 4.40. The molecule has 0 aromatic heterocycles. The van der Waals surface area contributed by atoms with Crippen molar-refractivity contribution in [1.29, 1.82) is 0 Å². The number of nitrogens with zero attached hydrogens (tertiary/aromatic N) is 2. The fourth-order valence-electron chi connectivity index (χ4n) is 3.91. The van der Waals surface area contributed by atoms with Crippen molar-refractivity contribution < 1.29 is 0 Å². The number of hydrogen-bond donors (Lipinski definition) is 1. The number of piperidine rings is 1. The first-order chi connectivity index (χ1) is 11.7. The maximum atomic E-state index is 6.00. The standard InChI is InChI=1S/C21H33N3/c1-3-4-5-6-13-23(2)19-11-14-24(15-12-19)21-10-9-18(22)16-20(21)17-7-8-17/h7-10,16-17,19H,3-6,11-15,22H2,1-2H3. The third kappa shape index (κ3) is 4.32. The average molecular weight is 328 g/mol. The van der Waals surface area contributed by atoms with Crippen LogP contribution in [0.2, 0.25) is 0 Å². The summed E-state index contributed by atoms with van der Waals surface area (Å²) >= 11 is 0. The van der Waals surface area contributed by atoms with Crippen molar-refractivity contribution in [1.82, 2.24) is 4.90 Å². The summed E-state index contributed by atoms with van der Waals surface area (Å²) < 4.78 is 0. The molecule has 24 heavy (non-hydrogen) atoms. The van der Waals surface area contributed by atoms with Crippen LogP contribution in [0.3, 0.4) is 0 Å². The molecule has 1 heterocycles. The van der Waals surface area contributed by atoms with Gasteiger partial charge in [-0.2, -0.15) is 0 Å². The van der Waals surface area contributed by atoms with E-state index in [2.05, 4.69) is 48.1 Å². The number of nitrogen functional groups attached to an aromatic ring is 1.